The fraction of sp³-hybridized carbons (Fsp3) is 0.455. The quantitative estimate of drug-likeness (QED) is 0.809. The molecule has 1 atom stereocenters. The van der Waals surface area contributed by atoms with E-state index in [1.54, 1.807) is 6.07 Å². The lowest BCUT2D eigenvalue weighted by atomic mass is 10.1. The molecule has 1 saturated heterocycles. The third-order valence-electron chi connectivity index (χ3n) is 3.12. The van der Waals surface area contributed by atoms with Gasteiger partial charge < -0.3 is 10.8 Å². The van der Waals surface area contributed by atoms with Crippen molar-refractivity contribution in [3.05, 3.63) is 22.7 Å². The first kappa shape index (κ1) is 13.8. The normalized spacial score (nSPS) is 21.3. The molecule has 2 rings (SSSR count). The van der Waals surface area contributed by atoms with Gasteiger partial charge in [0.15, 0.2) is 0 Å². The molecule has 0 saturated carbocycles. The van der Waals surface area contributed by atoms with Crippen LogP contribution in [0.5, 0.6) is 0 Å². The molecule has 5 nitrogen and oxygen atoms in total. The van der Waals surface area contributed by atoms with Crippen LogP contribution < -0.4 is 5.73 Å². The van der Waals surface area contributed by atoms with Crippen molar-refractivity contribution < 1.29 is 13.5 Å². The summed E-state index contributed by atoms with van der Waals surface area (Å²) in [5.41, 5.74) is 6.14. The summed E-state index contributed by atoms with van der Waals surface area (Å²) in [7, 11) is -3.48. The number of benzene rings is 1. The SMILES string of the molecule is Nc1ccc(S(=O)(=O)N2CCC(CO)C2)cc1Br. The molecule has 1 fully saturated rings. The van der Waals surface area contributed by atoms with E-state index in [1.807, 2.05) is 0 Å². The molecule has 1 aliphatic rings. The van der Waals surface area contributed by atoms with Gasteiger partial charge >= 0.3 is 0 Å². The molecule has 1 aliphatic heterocycles. The Morgan fingerprint density at radius 1 is 1.50 bits per heavy atom. The molecular formula is C11H15BrN2O3S. The lowest BCUT2D eigenvalue weighted by Crippen LogP contribution is -2.29. The zero-order valence-electron chi connectivity index (χ0n) is 9.71. The second kappa shape index (κ2) is 5.16. The summed E-state index contributed by atoms with van der Waals surface area (Å²) < 4.78 is 26.7. The second-order valence-electron chi connectivity index (χ2n) is 4.38. The van der Waals surface area contributed by atoms with Gasteiger partial charge in [-0.2, -0.15) is 4.31 Å². The lowest BCUT2D eigenvalue weighted by molar-refractivity contribution is 0.233. The summed E-state index contributed by atoms with van der Waals surface area (Å²) in [6, 6.07) is 4.58. The van der Waals surface area contributed by atoms with Crippen molar-refractivity contribution in [2.45, 2.75) is 11.3 Å². The number of aliphatic hydroxyl groups is 1. The molecule has 100 valence electrons. The number of nitrogen functional groups attached to an aromatic ring is 1. The van der Waals surface area contributed by atoms with E-state index >= 15 is 0 Å². The maximum atomic E-state index is 12.3. The number of nitrogens with two attached hydrogens (primary N) is 1. The standard InChI is InChI=1S/C11H15BrN2O3S/c12-10-5-9(1-2-11(10)13)18(16,17)14-4-3-8(6-14)7-15/h1-2,5,8,15H,3-4,6-7,13H2. The summed E-state index contributed by atoms with van der Waals surface area (Å²) in [5, 5.41) is 9.06. The highest BCUT2D eigenvalue weighted by molar-refractivity contribution is 9.10. The minimum Gasteiger partial charge on any atom is -0.398 e. The van der Waals surface area contributed by atoms with E-state index in [0.29, 0.717) is 29.7 Å². The second-order valence-corrected chi connectivity index (χ2v) is 7.18. The molecule has 1 heterocycles. The molecule has 3 N–H and O–H groups in total. The number of nitrogens with zero attached hydrogens (tertiary/aromatic N) is 1. The average molecular weight is 335 g/mol. The average Bonchev–Trinajstić information content (AvgIpc) is 2.81. The number of rotatable bonds is 3. The van der Waals surface area contributed by atoms with Crippen molar-refractivity contribution in [3.8, 4) is 0 Å². The zero-order valence-corrected chi connectivity index (χ0v) is 12.1. The highest BCUT2D eigenvalue weighted by atomic mass is 79.9. The molecule has 0 amide bonds. The fourth-order valence-electron chi connectivity index (χ4n) is 1.98. The smallest absolute Gasteiger partial charge is 0.243 e. The van der Waals surface area contributed by atoms with Gasteiger partial charge in [-0.25, -0.2) is 8.42 Å². The van der Waals surface area contributed by atoms with Gasteiger partial charge in [-0.15, -0.1) is 0 Å². The van der Waals surface area contributed by atoms with Crippen LogP contribution in [-0.4, -0.2) is 37.5 Å². The van der Waals surface area contributed by atoms with Crippen molar-refractivity contribution in [2.75, 3.05) is 25.4 Å². The highest BCUT2D eigenvalue weighted by Crippen LogP contribution is 2.28. The Bertz CT molecular complexity index is 547. The largest absolute Gasteiger partial charge is 0.398 e. The van der Waals surface area contributed by atoms with Gasteiger partial charge in [-0.1, -0.05) is 0 Å². The molecule has 1 unspecified atom stereocenters. The van der Waals surface area contributed by atoms with Crippen molar-refractivity contribution in [1.29, 1.82) is 0 Å². The molecule has 0 aromatic heterocycles. The van der Waals surface area contributed by atoms with Crippen LogP contribution in [0, 0.1) is 5.92 Å². The highest BCUT2D eigenvalue weighted by Gasteiger charge is 2.32. The summed E-state index contributed by atoms with van der Waals surface area (Å²) in [6.45, 7) is 0.855. The summed E-state index contributed by atoms with van der Waals surface area (Å²) in [5.74, 6) is 0.0389. The van der Waals surface area contributed by atoms with E-state index in [0.717, 1.165) is 0 Å². The van der Waals surface area contributed by atoms with Crippen molar-refractivity contribution in [2.24, 2.45) is 5.92 Å². The van der Waals surface area contributed by atoms with Gasteiger partial charge in [0.05, 0.1) is 4.90 Å². The van der Waals surface area contributed by atoms with E-state index in [4.69, 9.17) is 10.8 Å². The van der Waals surface area contributed by atoms with Gasteiger partial charge in [0.25, 0.3) is 0 Å². The van der Waals surface area contributed by atoms with E-state index in [9.17, 15) is 8.42 Å². The molecule has 7 heteroatoms. The van der Waals surface area contributed by atoms with Crippen LogP contribution in [0.2, 0.25) is 0 Å². The van der Waals surface area contributed by atoms with Crippen LogP contribution in [0.3, 0.4) is 0 Å². The summed E-state index contributed by atoms with van der Waals surface area (Å²) in [6.07, 6.45) is 0.700. The van der Waals surface area contributed by atoms with E-state index in [2.05, 4.69) is 15.9 Å². The van der Waals surface area contributed by atoms with Gasteiger partial charge in [0.2, 0.25) is 10.0 Å². The number of hydrogen-bond donors (Lipinski definition) is 2. The van der Waals surface area contributed by atoms with Crippen molar-refractivity contribution in [1.82, 2.24) is 4.31 Å². The Kier molecular flexibility index (Phi) is 3.96. The fourth-order valence-corrected chi connectivity index (χ4v) is 4.07. The van der Waals surface area contributed by atoms with E-state index in [-0.39, 0.29) is 17.4 Å². The number of hydrogen-bond acceptors (Lipinski definition) is 4. The first-order valence-electron chi connectivity index (χ1n) is 5.61. The van der Waals surface area contributed by atoms with Crippen LogP contribution >= 0.6 is 15.9 Å². The van der Waals surface area contributed by atoms with Gasteiger partial charge in [-0.3, -0.25) is 0 Å². The molecule has 1 aromatic rings. The van der Waals surface area contributed by atoms with Gasteiger partial charge in [0.1, 0.15) is 0 Å². The summed E-state index contributed by atoms with van der Waals surface area (Å²) in [4.78, 5) is 0.224. The number of aliphatic hydroxyl groups excluding tert-OH is 1. The zero-order chi connectivity index (χ0) is 13.3. The van der Waals surface area contributed by atoms with Crippen LogP contribution in [0.15, 0.2) is 27.6 Å². The first-order valence-corrected chi connectivity index (χ1v) is 7.84. The number of halogens is 1. The lowest BCUT2D eigenvalue weighted by Gasteiger charge is -2.16. The Labute approximate surface area is 115 Å². The van der Waals surface area contributed by atoms with E-state index < -0.39 is 10.0 Å². The Morgan fingerprint density at radius 3 is 2.78 bits per heavy atom. The third kappa shape index (κ3) is 2.54. The predicted octanol–water partition coefficient (Wildman–Crippen LogP) is 1.03. The topological polar surface area (TPSA) is 83.6 Å². The van der Waals surface area contributed by atoms with Crippen LogP contribution in [0.4, 0.5) is 5.69 Å². The van der Waals surface area contributed by atoms with Crippen LogP contribution in [0.25, 0.3) is 0 Å². The van der Waals surface area contributed by atoms with Gasteiger partial charge in [-0.05, 0) is 46.5 Å². The summed E-state index contributed by atoms with van der Waals surface area (Å²) >= 11 is 3.22. The van der Waals surface area contributed by atoms with Crippen molar-refractivity contribution >= 4 is 31.6 Å². The maximum Gasteiger partial charge on any atom is 0.243 e. The molecule has 0 aliphatic carbocycles. The van der Waals surface area contributed by atoms with Crippen molar-refractivity contribution in [3.63, 3.8) is 0 Å². The van der Waals surface area contributed by atoms with E-state index in [1.165, 1.54) is 16.4 Å². The Balaban J connectivity index is 2.28. The third-order valence-corrected chi connectivity index (χ3v) is 5.66. The molecular weight excluding hydrogens is 320 g/mol. The molecule has 18 heavy (non-hydrogen) atoms. The minimum absolute atomic E-state index is 0.0253. The maximum absolute atomic E-state index is 12.3. The monoisotopic (exact) mass is 334 g/mol. The molecule has 0 bridgehead atoms. The minimum atomic E-state index is -3.48. The number of anilines is 1. The van der Waals surface area contributed by atoms with Crippen LogP contribution in [-0.2, 0) is 10.0 Å². The Morgan fingerprint density at radius 2 is 2.22 bits per heavy atom. The molecule has 0 spiro atoms. The molecule has 0 radical (unpaired) electrons. The predicted molar refractivity (Wildman–Crippen MR) is 72.5 cm³/mol. The van der Waals surface area contributed by atoms with Crippen LogP contribution in [0.1, 0.15) is 6.42 Å². The first-order chi connectivity index (χ1) is 8.45. The Hall–Kier alpha value is -0.630. The molecule has 1 aromatic carbocycles. The van der Waals surface area contributed by atoms with Gasteiger partial charge in [0, 0.05) is 29.9 Å². The number of sulfonamides is 1.